The van der Waals surface area contributed by atoms with E-state index in [9.17, 15) is 9.59 Å². The van der Waals surface area contributed by atoms with Crippen molar-refractivity contribution in [3.05, 3.63) is 58.6 Å². The summed E-state index contributed by atoms with van der Waals surface area (Å²) >= 11 is 5.93. The molecule has 0 N–H and O–H groups in total. The second-order valence-electron chi connectivity index (χ2n) is 6.53. The van der Waals surface area contributed by atoms with Crippen LogP contribution in [0.3, 0.4) is 0 Å². The van der Waals surface area contributed by atoms with E-state index in [2.05, 4.69) is 0 Å². The highest BCUT2D eigenvalue weighted by Crippen LogP contribution is 2.48. The summed E-state index contributed by atoms with van der Waals surface area (Å²) in [4.78, 5) is 26.2. The fourth-order valence-electron chi connectivity index (χ4n) is 3.50. The maximum Gasteiger partial charge on any atom is 0.258 e. The molecule has 1 aliphatic rings. The Kier molecular flexibility index (Phi) is 9.38. The summed E-state index contributed by atoms with van der Waals surface area (Å²) < 4.78 is 5.33. The molecule has 0 spiro atoms. The number of methoxy groups -OCH3 is 1. The summed E-state index contributed by atoms with van der Waals surface area (Å²) in [6.07, 6.45) is 1.24. The lowest BCUT2D eigenvalue weighted by atomic mass is 9.76. The van der Waals surface area contributed by atoms with Crippen molar-refractivity contribution >= 4 is 29.5 Å². The largest absolute Gasteiger partial charge is 0.497 e. The molecule has 4 nitrogen and oxygen atoms in total. The van der Waals surface area contributed by atoms with Crippen LogP contribution in [-0.4, -0.2) is 25.3 Å². The van der Waals surface area contributed by atoms with E-state index in [-0.39, 0.29) is 11.9 Å². The molecule has 0 saturated carbocycles. The van der Waals surface area contributed by atoms with Crippen LogP contribution in [0.1, 0.15) is 63.9 Å². The molecule has 29 heavy (non-hydrogen) atoms. The van der Waals surface area contributed by atoms with Gasteiger partial charge < -0.3 is 14.4 Å². The third-order valence-electron chi connectivity index (χ3n) is 5.21. The lowest BCUT2D eigenvalue weighted by Gasteiger charge is -2.32. The van der Waals surface area contributed by atoms with Crippen LogP contribution in [0.4, 0.5) is 5.69 Å². The molecule has 0 fully saturated rings. The molecule has 2 unspecified atom stereocenters. The molecule has 1 heterocycles. The number of amides is 1. The van der Waals surface area contributed by atoms with Crippen LogP contribution in [0.5, 0.6) is 5.75 Å². The number of aldehydes is 1. The molecule has 5 heteroatoms. The molecule has 0 aliphatic carbocycles. The fraction of sp³-hybridized carbons (Fsp3) is 0.417. The zero-order valence-electron chi connectivity index (χ0n) is 18.5. The quantitative estimate of drug-likeness (QED) is 0.548. The van der Waals surface area contributed by atoms with Crippen molar-refractivity contribution in [3.8, 4) is 5.75 Å². The lowest BCUT2D eigenvalue weighted by molar-refractivity contribution is -0.108. The Hall–Kier alpha value is -2.33. The second-order valence-corrected chi connectivity index (χ2v) is 6.97. The predicted octanol–water partition coefficient (Wildman–Crippen LogP) is 6.30. The van der Waals surface area contributed by atoms with Crippen LogP contribution in [0.15, 0.2) is 42.5 Å². The molecule has 0 radical (unpaired) electrons. The summed E-state index contributed by atoms with van der Waals surface area (Å²) in [6, 6.07) is 12.3. The maximum absolute atomic E-state index is 13.1. The number of hydrogen-bond donors (Lipinski definition) is 0. The normalized spacial score (nSPS) is 19.2. The summed E-state index contributed by atoms with van der Waals surface area (Å²) in [5.74, 6) is 0.606. The van der Waals surface area contributed by atoms with E-state index in [1.165, 1.54) is 0 Å². The van der Waals surface area contributed by atoms with Crippen LogP contribution in [0.2, 0.25) is 5.02 Å². The van der Waals surface area contributed by atoms with Gasteiger partial charge in [0.1, 0.15) is 12.0 Å². The van der Waals surface area contributed by atoms with Gasteiger partial charge in [0.25, 0.3) is 5.91 Å². The standard InChI is InChI=1S/C20H20ClNO3.2C2H6/c1-13-20(2,10-11-23)17-12-16(25-3)8-9-18(17)22(13)19(24)14-4-6-15(21)7-5-14;2*1-2/h4-9,11-13H,10H2,1-3H3;2*1-2H3. The molecule has 1 aliphatic heterocycles. The van der Waals surface area contributed by atoms with E-state index in [0.717, 1.165) is 17.5 Å². The molecule has 0 saturated heterocycles. The van der Waals surface area contributed by atoms with Crippen molar-refractivity contribution in [2.75, 3.05) is 12.0 Å². The lowest BCUT2D eigenvalue weighted by Crippen LogP contribution is -2.44. The number of fused-ring (bicyclic) bond motifs is 1. The van der Waals surface area contributed by atoms with Crippen molar-refractivity contribution < 1.29 is 14.3 Å². The summed E-state index contributed by atoms with van der Waals surface area (Å²) in [5, 5.41) is 0.585. The SMILES string of the molecule is CC.CC.COc1ccc2c(c1)C(C)(CC=O)C(C)N2C(=O)c1ccc(Cl)cc1. The van der Waals surface area contributed by atoms with Gasteiger partial charge in [-0.05, 0) is 55.0 Å². The molecular formula is C24H32ClNO3. The van der Waals surface area contributed by atoms with Gasteiger partial charge in [0.05, 0.1) is 7.11 Å². The van der Waals surface area contributed by atoms with Gasteiger partial charge in [-0.25, -0.2) is 0 Å². The van der Waals surface area contributed by atoms with Crippen molar-refractivity contribution in [2.24, 2.45) is 0 Å². The highest BCUT2D eigenvalue weighted by molar-refractivity contribution is 6.30. The van der Waals surface area contributed by atoms with Crippen LogP contribution in [0, 0.1) is 0 Å². The molecule has 0 aromatic heterocycles. The average molecular weight is 418 g/mol. The van der Waals surface area contributed by atoms with Crippen LogP contribution >= 0.6 is 11.6 Å². The van der Waals surface area contributed by atoms with Crippen molar-refractivity contribution in [1.82, 2.24) is 0 Å². The number of rotatable bonds is 4. The number of nitrogens with zero attached hydrogens (tertiary/aromatic N) is 1. The monoisotopic (exact) mass is 417 g/mol. The molecule has 0 bridgehead atoms. The third kappa shape index (κ3) is 4.81. The predicted molar refractivity (Wildman–Crippen MR) is 121 cm³/mol. The van der Waals surface area contributed by atoms with Crippen LogP contribution < -0.4 is 9.64 Å². The van der Waals surface area contributed by atoms with E-state index < -0.39 is 5.41 Å². The van der Waals surface area contributed by atoms with Crippen molar-refractivity contribution in [1.29, 1.82) is 0 Å². The summed E-state index contributed by atoms with van der Waals surface area (Å²) in [6.45, 7) is 12.0. The first-order valence-electron chi connectivity index (χ1n) is 10.1. The number of anilines is 1. The van der Waals surface area contributed by atoms with Gasteiger partial charge in [-0.2, -0.15) is 0 Å². The molecule has 3 rings (SSSR count). The van der Waals surface area contributed by atoms with Crippen molar-refractivity contribution in [2.45, 2.75) is 59.4 Å². The van der Waals surface area contributed by atoms with Gasteiger partial charge in [-0.15, -0.1) is 0 Å². The Morgan fingerprint density at radius 2 is 1.72 bits per heavy atom. The second kappa shape index (κ2) is 11.0. The number of carbonyl (C=O) groups excluding carboxylic acids is 2. The number of benzene rings is 2. The molecular weight excluding hydrogens is 386 g/mol. The summed E-state index contributed by atoms with van der Waals surface area (Å²) in [5.41, 5.74) is 1.87. The van der Waals surface area contributed by atoms with E-state index in [1.807, 2.05) is 59.7 Å². The van der Waals surface area contributed by atoms with Gasteiger partial charge >= 0.3 is 0 Å². The zero-order chi connectivity index (χ0) is 22.2. The van der Waals surface area contributed by atoms with Gasteiger partial charge in [0.15, 0.2) is 0 Å². The molecule has 2 aromatic carbocycles. The van der Waals surface area contributed by atoms with Crippen molar-refractivity contribution in [3.63, 3.8) is 0 Å². The van der Waals surface area contributed by atoms with Gasteiger partial charge in [0.2, 0.25) is 0 Å². The first-order chi connectivity index (χ1) is 13.9. The number of hydrogen-bond acceptors (Lipinski definition) is 3. The Bertz CT molecular complexity index is 819. The first kappa shape index (κ1) is 24.7. The zero-order valence-corrected chi connectivity index (χ0v) is 19.2. The maximum atomic E-state index is 13.1. The van der Waals surface area contributed by atoms with Crippen LogP contribution in [-0.2, 0) is 10.2 Å². The Morgan fingerprint density at radius 3 is 2.24 bits per heavy atom. The minimum Gasteiger partial charge on any atom is -0.497 e. The Morgan fingerprint density at radius 1 is 1.14 bits per heavy atom. The average Bonchev–Trinajstić information content (AvgIpc) is 2.98. The first-order valence-corrected chi connectivity index (χ1v) is 10.5. The number of ether oxygens (including phenoxy) is 1. The number of halogens is 1. The highest BCUT2D eigenvalue weighted by atomic mass is 35.5. The highest BCUT2D eigenvalue weighted by Gasteiger charge is 2.47. The van der Waals surface area contributed by atoms with Crippen LogP contribution in [0.25, 0.3) is 0 Å². The number of carbonyl (C=O) groups is 2. The smallest absolute Gasteiger partial charge is 0.258 e. The minimum atomic E-state index is -0.465. The van der Waals surface area contributed by atoms with E-state index in [1.54, 1.807) is 36.3 Å². The Labute approximate surface area is 179 Å². The minimum absolute atomic E-state index is 0.106. The fourth-order valence-corrected chi connectivity index (χ4v) is 3.62. The van der Waals surface area contributed by atoms with Gasteiger partial charge in [-0.1, -0.05) is 46.2 Å². The topological polar surface area (TPSA) is 46.6 Å². The van der Waals surface area contributed by atoms with E-state index in [4.69, 9.17) is 16.3 Å². The van der Waals surface area contributed by atoms with E-state index in [0.29, 0.717) is 22.8 Å². The van der Waals surface area contributed by atoms with Gasteiger partial charge in [-0.3, -0.25) is 4.79 Å². The third-order valence-corrected chi connectivity index (χ3v) is 5.46. The molecule has 1 amide bonds. The van der Waals surface area contributed by atoms with Gasteiger partial charge in [0, 0.05) is 34.2 Å². The Balaban J connectivity index is 0.000000989. The van der Waals surface area contributed by atoms with E-state index >= 15 is 0 Å². The molecule has 158 valence electrons. The molecule has 2 aromatic rings. The molecule has 2 atom stereocenters. The summed E-state index contributed by atoms with van der Waals surface area (Å²) in [7, 11) is 1.60.